The van der Waals surface area contributed by atoms with Gasteiger partial charge in [-0.05, 0) is 36.8 Å². The van der Waals surface area contributed by atoms with Gasteiger partial charge in [0, 0.05) is 18.2 Å². The SMILES string of the molecule is O=C(NCCCOCc1ccco1)c1cnn(-c2cccc(Cl)c2)c1C(F)(F)F. The molecule has 2 aromatic heterocycles. The maximum Gasteiger partial charge on any atom is 0.434 e. The molecular formula is C19H17ClF3N3O3. The van der Waals surface area contributed by atoms with E-state index < -0.39 is 23.3 Å². The Morgan fingerprint density at radius 1 is 1.28 bits per heavy atom. The number of hydrogen-bond acceptors (Lipinski definition) is 4. The monoisotopic (exact) mass is 427 g/mol. The molecule has 0 saturated heterocycles. The molecule has 29 heavy (non-hydrogen) atoms. The van der Waals surface area contributed by atoms with E-state index in [0.717, 1.165) is 6.20 Å². The molecule has 0 aliphatic heterocycles. The second-order valence-electron chi connectivity index (χ2n) is 6.04. The lowest BCUT2D eigenvalue weighted by Gasteiger charge is -2.13. The molecule has 3 rings (SSSR count). The van der Waals surface area contributed by atoms with Crippen LogP contribution in [0.2, 0.25) is 5.02 Å². The molecule has 0 bridgehead atoms. The van der Waals surface area contributed by atoms with E-state index in [1.54, 1.807) is 12.1 Å². The van der Waals surface area contributed by atoms with Gasteiger partial charge in [-0.15, -0.1) is 0 Å². The van der Waals surface area contributed by atoms with Crippen molar-refractivity contribution in [2.75, 3.05) is 13.2 Å². The van der Waals surface area contributed by atoms with E-state index in [1.165, 1.54) is 30.5 Å². The summed E-state index contributed by atoms with van der Waals surface area (Å²) in [6.07, 6.45) is -1.93. The van der Waals surface area contributed by atoms with Gasteiger partial charge in [-0.3, -0.25) is 4.79 Å². The van der Waals surface area contributed by atoms with Crippen LogP contribution >= 0.6 is 11.6 Å². The molecule has 0 saturated carbocycles. The Morgan fingerprint density at radius 3 is 2.79 bits per heavy atom. The van der Waals surface area contributed by atoms with Gasteiger partial charge < -0.3 is 14.5 Å². The van der Waals surface area contributed by atoms with Crippen molar-refractivity contribution in [2.45, 2.75) is 19.2 Å². The Hall–Kier alpha value is -2.78. The smallest absolute Gasteiger partial charge is 0.434 e. The van der Waals surface area contributed by atoms with Crippen molar-refractivity contribution in [2.24, 2.45) is 0 Å². The quantitative estimate of drug-likeness (QED) is 0.538. The molecule has 6 nitrogen and oxygen atoms in total. The average Bonchev–Trinajstić information content (AvgIpc) is 3.33. The fourth-order valence-corrected chi connectivity index (χ4v) is 2.81. The number of carbonyl (C=O) groups is 1. The van der Waals surface area contributed by atoms with Gasteiger partial charge in [-0.25, -0.2) is 4.68 Å². The van der Waals surface area contributed by atoms with Gasteiger partial charge >= 0.3 is 6.18 Å². The minimum absolute atomic E-state index is 0.107. The van der Waals surface area contributed by atoms with Crippen molar-refractivity contribution in [3.8, 4) is 5.69 Å². The van der Waals surface area contributed by atoms with Crippen LogP contribution in [0.4, 0.5) is 13.2 Å². The molecule has 2 heterocycles. The number of alkyl halides is 3. The van der Waals surface area contributed by atoms with Crippen LogP contribution in [0.15, 0.2) is 53.3 Å². The van der Waals surface area contributed by atoms with Crippen LogP contribution in [0, 0.1) is 0 Å². The van der Waals surface area contributed by atoms with Gasteiger partial charge in [0.1, 0.15) is 12.4 Å². The Morgan fingerprint density at radius 2 is 2.10 bits per heavy atom. The topological polar surface area (TPSA) is 69.3 Å². The second-order valence-corrected chi connectivity index (χ2v) is 6.47. The van der Waals surface area contributed by atoms with Crippen LogP contribution in [0.3, 0.4) is 0 Å². The number of benzene rings is 1. The minimum Gasteiger partial charge on any atom is -0.467 e. The summed E-state index contributed by atoms with van der Waals surface area (Å²) in [5.74, 6) is -0.200. The predicted molar refractivity (Wildman–Crippen MR) is 98.9 cm³/mol. The molecule has 1 N–H and O–H groups in total. The van der Waals surface area contributed by atoms with E-state index in [9.17, 15) is 18.0 Å². The van der Waals surface area contributed by atoms with Crippen molar-refractivity contribution in [3.05, 3.63) is 70.9 Å². The van der Waals surface area contributed by atoms with Crippen LogP contribution in [0.1, 0.15) is 28.2 Å². The number of halogens is 4. The lowest BCUT2D eigenvalue weighted by atomic mass is 10.2. The van der Waals surface area contributed by atoms with Crippen molar-refractivity contribution in [3.63, 3.8) is 0 Å². The standard InChI is InChI=1S/C19H17ClF3N3O3/c20-13-4-1-5-14(10-13)26-17(19(21,22)23)16(11-25-26)18(27)24-7-3-8-28-12-15-6-2-9-29-15/h1-2,4-6,9-11H,3,7-8,12H2,(H,24,27). The number of carbonyl (C=O) groups excluding carboxylic acids is 1. The predicted octanol–water partition coefficient (Wildman–Crippen LogP) is 4.47. The van der Waals surface area contributed by atoms with Crippen molar-refractivity contribution >= 4 is 17.5 Å². The molecule has 10 heteroatoms. The Balaban J connectivity index is 1.62. The number of aromatic nitrogens is 2. The first kappa shape index (κ1) is 20.9. The zero-order valence-corrected chi connectivity index (χ0v) is 15.8. The largest absolute Gasteiger partial charge is 0.467 e. The summed E-state index contributed by atoms with van der Waals surface area (Å²) < 4.78 is 52.0. The number of amides is 1. The lowest BCUT2D eigenvalue weighted by Crippen LogP contribution is -2.28. The van der Waals surface area contributed by atoms with Crippen LogP contribution in [-0.2, 0) is 17.5 Å². The van der Waals surface area contributed by atoms with E-state index in [4.69, 9.17) is 20.8 Å². The number of nitrogens with zero attached hydrogens (tertiary/aromatic N) is 2. The Kier molecular flexibility index (Phi) is 6.60. The maximum absolute atomic E-state index is 13.6. The summed E-state index contributed by atoms with van der Waals surface area (Å²) in [7, 11) is 0. The highest BCUT2D eigenvalue weighted by Gasteiger charge is 2.40. The second kappa shape index (κ2) is 9.15. The van der Waals surface area contributed by atoms with Crippen molar-refractivity contribution in [1.82, 2.24) is 15.1 Å². The first-order valence-corrected chi connectivity index (χ1v) is 9.03. The van der Waals surface area contributed by atoms with Crippen LogP contribution in [0.25, 0.3) is 5.69 Å². The van der Waals surface area contributed by atoms with Crippen LogP contribution in [-0.4, -0.2) is 28.8 Å². The molecule has 0 unspecified atom stereocenters. The van der Waals surface area contributed by atoms with E-state index in [1.807, 2.05) is 0 Å². The van der Waals surface area contributed by atoms with E-state index in [-0.39, 0.29) is 23.9 Å². The van der Waals surface area contributed by atoms with Gasteiger partial charge in [0.2, 0.25) is 0 Å². The summed E-state index contributed by atoms with van der Waals surface area (Å²) in [6, 6.07) is 9.29. The molecule has 1 amide bonds. The summed E-state index contributed by atoms with van der Waals surface area (Å²) >= 11 is 5.85. The molecule has 1 aromatic carbocycles. The first-order valence-electron chi connectivity index (χ1n) is 8.66. The molecule has 0 fully saturated rings. The molecule has 0 spiro atoms. The van der Waals surface area contributed by atoms with Crippen LogP contribution < -0.4 is 5.32 Å². The summed E-state index contributed by atoms with van der Waals surface area (Å²) in [6.45, 7) is 0.747. The van der Waals surface area contributed by atoms with Gasteiger partial charge in [0.15, 0.2) is 5.69 Å². The third-order valence-electron chi connectivity index (χ3n) is 3.91. The Bertz CT molecular complexity index is 955. The highest BCUT2D eigenvalue weighted by molar-refractivity contribution is 6.30. The van der Waals surface area contributed by atoms with Gasteiger partial charge in [0.05, 0.1) is 23.7 Å². The number of nitrogens with one attached hydrogen (secondary N) is 1. The lowest BCUT2D eigenvalue weighted by molar-refractivity contribution is -0.143. The van der Waals surface area contributed by atoms with E-state index >= 15 is 0 Å². The fraction of sp³-hybridized carbons (Fsp3) is 0.263. The summed E-state index contributed by atoms with van der Waals surface area (Å²) in [5, 5.41) is 6.46. The van der Waals surface area contributed by atoms with Gasteiger partial charge in [0.25, 0.3) is 5.91 Å². The van der Waals surface area contributed by atoms with E-state index in [0.29, 0.717) is 23.5 Å². The number of furan rings is 1. The van der Waals surface area contributed by atoms with Crippen LogP contribution in [0.5, 0.6) is 0 Å². The highest BCUT2D eigenvalue weighted by Crippen LogP contribution is 2.34. The zero-order valence-electron chi connectivity index (χ0n) is 15.1. The molecule has 0 aliphatic carbocycles. The molecule has 0 atom stereocenters. The number of hydrogen-bond donors (Lipinski definition) is 1. The molecular weight excluding hydrogens is 411 g/mol. The zero-order chi connectivity index (χ0) is 20.9. The van der Waals surface area contributed by atoms with Crippen molar-refractivity contribution in [1.29, 1.82) is 0 Å². The first-order chi connectivity index (χ1) is 13.9. The van der Waals surface area contributed by atoms with E-state index in [2.05, 4.69) is 10.4 Å². The number of rotatable bonds is 8. The highest BCUT2D eigenvalue weighted by atomic mass is 35.5. The summed E-state index contributed by atoms with van der Waals surface area (Å²) in [5.41, 5.74) is -1.62. The third kappa shape index (κ3) is 5.39. The summed E-state index contributed by atoms with van der Waals surface area (Å²) in [4.78, 5) is 12.3. The number of ether oxygens (including phenoxy) is 1. The minimum atomic E-state index is -4.78. The average molecular weight is 428 g/mol. The molecule has 3 aromatic rings. The normalized spacial score (nSPS) is 11.6. The van der Waals surface area contributed by atoms with Gasteiger partial charge in [-0.2, -0.15) is 18.3 Å². The molecule has 0 aliphatic rings. The molecule has 0 radical (unpaired) electrons. The third-order valence-corrected chi connectivity index (χ3v) is 4.15. The fourth-order valence-electron chi connectivity index (χ4n) is 2.63. The van der Waals surface area contributed by atoms with Gasteiger partial charge in [-0.1, -0.05) is 17.7 Å². The van der Waals surface area contributed by atoms with Crippen molar-refractivity contribution < 1.29 is 27.1 Å². The molecule has 154 valence electrons. The Labute approximate surface area is 169 Å². The maximum atomic E-state index is 13.6.